The van der Waals surface area contributed by atoms with Crippen LogP contribution in [-0.2, 0) is 0 Å². The molecule has 300 valence electrons. The summed E-state index contributed by atoms with van der Waals surface area (Å²) in [7, 11) is 0. The zero-order valence-corrected chi connectivity index (χ0v) is 34.8. The predicted octanol–water partition coefficient (Wildman–Crippen LogP) is 16.6. The zero-order chi connectivity index (χ0) is 42.1. The molecular weight excluding hydrogens is 779 g/mol. The van der Waals surface area contributed by atoms with Gasteiger partial charge in [-0.1, -0.05) is 152 Å². The van der Waals surface area contributed by atoms with Crippen molar-refractivity contribution in [3.8, 4) is 33.6 Å². The van der Waals surface area contributed by atoms with Gasteiger partial charge in [0, 0.05) is 55.1 Å². The van der Waals surface area contributed by atoms with E-state index in [1.54, 1.807) is 0 Å². The lowest BCUT2D eigenvalue weighted by Crippen LogP contribution is -2.11. The third-order valence-corrected chi connectivity index (χ3v) is 12.9. The Balaban J connectivity index is 1.08. The first-order valence-electron chi connectivity index (χ1n) is 21.8. The molecule has 0 N–H and O–H groups in total. The van der Waals surface area contributed by atoms with Crippen LogP contribution in [0.2, 0.25) is 0 Å². The van der Waals surface area contributed by atoms with E-state index in [1.165, 1.54) is 38.2 Å². The molecule has 13 aromatic rings. The van der Waals surface area contributed by atoms with Gasteiger partial charge in [-0.2, -0.15) is 0 Å². The van der Waals surface area contributed by atoms with Crippen LogP contribution >= 0.6 is 0 Å². The summed E-state index contributed by atoms with van der Waals surface area (Å²) >= 11 is 0. The summed E-state index contributed by atoms with van der Waals surface area (Å²) in [6.45, 7) is 0. The number of aromatic nitrogens is 2. The van der Waals surface area contributed by atoms with E-state index in [2.05, 4.69) is 238 Å². The van der Waals surface area contributed by atoms with Gasteiger partial charge < -0.3 is 18.5 Å². The number of hydrogen-bond donors (Lipinski definition) is 0. The van der Waals surface area contributed by atoms with E-state index in [4.69, 9.17) is 4.42 Å². The van der Waals surface area contributed by atoms with Crippen molar-refractivity contribution in [2.75, 3.05) is 4.90 Å². The molecule has 3 heterocycles. The minimum atomic E-state index is 0.884. The molecule has 4 nitrogen and oxygen atoms in total. The molecule has 0 amide bonds. The van der Waals surface area contributed by atoms with Crippen LogP contribution in [-0.4, -0.2) is 9.13 Å². The highest BCUT2D eigenvalue weighted by Crippen LogP contribution is 2.46. The second-order valence-corrected chi connectivity index (χ2v) is 16.5. The minimum absolute atomic E-state index is 0.884. The maximum Gasteiger partial charge on any atom is 0.135 e. The molecule has 0 unspecified atom stereocenters. The molecule has 3 aromatic heterocycles. The topological polar surface area (TPSA) is 26.2 Å². The number of fused-ring (bicyclic) bond motifs is 9. The Kier molecular flexibility index (Phi) is 8.18. The van der Waals surface area contributed by atoms with Gasteiger partial charge in [0.05, 0.1) is 27.8 Å². The van der Waals surface area contributed by atoms with Crippen LogP contribution in [0.1, 0.15) is 0 Å². The Morgan fingerprint density at radius 2 is 0.844 bits per heavy atom. The Labute approximate surface area is 369 Å². The average molecular weight is 818 g/mol. The molecule has 64 heavy (non-hydrogen) atoms. The first kappa shape index (κ1) is 36.1. The summed E-state index contributed by atoms with van der Waals surface area (Å²) in [4.78, 5) is 2.46. The van der Waals surface area contributed by atoms with Gasteiger partial charge in [-0.3, -0.25) is 0 Å². The van der Waals surface area contributed by atoms with Crippen LogP contribution < -0.4 is 4.90 Å². The average Bonchev–Trinajstić information content (AvgIpc) is 4.02. The maximum atomic E-state index is 6.29. The van der Waals surface area contributed by atoms with Gasteiger partial charge in [-0.05, 0) is 107 Å². The molecule has 4 heteroatoms. The third kappa shape index (κ3) is 5.70. The molecule has 0 radical (unpaired) electrons. The molecule has 0 spiro atoms. The number of hydrogen-bond acceptors (Lipinski definition) is 2. The zero-order valence-electron chi connectivity index (χ0n) is 34.8. The standard InChI is InChI=1S/C60H39N3O/c1-3-16-40(17-4-1)42-20-13-22-44(36-42)61(55-29-15-30-56-60(55)51-26-8-11-28-54(51)62(56)45-23-14-21-43(37-45)41-18-5-2-6-19-41)47-32-34-49-48-24-7-10-27-53(48)63(57(49)39-47)46-33-35-59-52(38-46)50-25-9-12-31-58(50)64-59/h1-39H. The normalized spacial score (nSPS) is 11.8. The quantitative estimate of drug-likeness (QED) is 0.160. The van der Waals surface area contributed by atoms with E-state index in [9.17, 15) is 0 Å². The van der Waals surface area contributed by atoms with E-state index in [0.717, 1.165) is 78.0 Å². The van der Waals surface area contributed by atoms with Crippen LogP contribution in [0.25, 0.3) is 99.2 Å². The number of furan rings is 1. The molecular formula is C60H39N3O. The summed E-state index contributed by atoms with van der Waals surface area (Å²) in [5.74, 6) is 0. The molecule has 0 saturated heterocycles. The molecule has 0 atom stereocenters. The van der Waals surface area contributed by atoms with Gasteiger partial charge in [0.2, 0.25) is 0 Å². The fraction of sp³-hybridized carbons (Fsp3) is 0. The van der Waals surface area contributed by atoms with Crippen molar-refractivity contribution in [3.63, 3.8) is 0 Å². The second kappa shape index (κ2) is 14.5. The number of nitrogens with zero attached hydrogens (tertiary/aromatic N) is 3. The monoisotopic (exact) mass is 817 g/mol. The van der Waals surface area contributed by atoms with Crippen LogP contribution in [0.15, 0.2) is 241 Å². The number of para-hydroxylation sites is 3. The van der Waals surface area contributed by atoms with Crippen molar-refractivity contribution < 1.29 is 4.42 Å². The van der Waals surface area contributed by atoms with Crippen molar-refractivity contribution in [2.45, 2.75) is 0 Å². The van der Waals surface area contributed by atoms with E-state index >= 15 is 0 Å². The third-order valence-electron chi connectivity index (χ3n) is 12.9. The molecule has 13 rings (SSSR count). The van der Waals surface area contributed by atoms with Crippen molar-refractivity contribution in [1.82, 2.24) is 9.13 Å². The van der Waals surface area contributed by atoms with Gasteiger partial charge in [0.15, 0.2) is 0 Å². The second-order valence-electron chi connectivity index (χ2n) is 16.5. The fourth-order valence-electron chi connectivity index (χ4n) is 10.0. The van der Waals surface area contributed by atoms with Crippen molar-refractivity contribution in [3.05, 3.63) is 237 Å². The summed E-state index contributed by atoms with van der Waals surface area (Å²) in [6, 6.07) is 85.4. The van der Waals surface area contributed by atoms with Gasteiger partial charge in [-0.25, -0.2) is 0 Å². The lowest BCUT2D eigenvalue weighted by molar-refractivity contribution is 0.669. The van der Waals surface area contributed by atoms with E-state index in [0.29, 0.717) is 0 Å². The Hall–Kier alpha value is -8.60. The number of rotatable bonds is 7. The molecule has 0 fully saturated rings. The van der Waals surface area contributed by atoms with Crippen LogP contribution in [0.3, 0.4) is 0 Å². The van der Waals surface area contributed by atoms with Crippen molar-refractivity contribution in [1.29, 1.82) is 0 Å². The smallest absolute Gasteiger partial charge is 0.135 e. The summed E-state index contributed by atoms with van der Waals surface area (Å²) in [5.41, 5.74) is 16.5. The summed E-state index contributed by atoms with van der Waals surface area (Å²) < 4.78 is 11.1. The molecule has 0 saturated carbocycles. The predicted molar refractivity (Wildman–Crippen MR) is 268 cm³/mol. The molecule has 0 aliphatic carbocycles. The summed E-state index contributed by atoms with van der Waals surface area (Å²) in [5, 5.41) is 7.00. The van der Waals surface area contributed by atoms with Crippen LogP contribution in [0, 0.1) is 0 Å². The highest BCUT2D eigenvalue weighted by molar-refractivity contribution is 6.17. The maximum absolute atomic E-state index is 6.29. The van der Waals surface area contributed by atoms with Crippen LogP contribution in [0.4, 0.5) is 17.1 Å². The molecule has 0 bridgehead atoms. The molecule has 10 aromatic carbocycles. The number of benzene rings is 10. The van der Waals surface area contributed by atoms with Crippen molar-refractivity contribution in [2.24, 2.45) is 0 Å². The Bertz CT molecular complexity index is 3910. The van der Waals surface area contributed by atoms with E-state index < -0.39 is 0 Å². The largest absolute Gasteiger partial charge is 0.456 e. The van der Waals surface area contributed by atoms with Gasteiger partial charge >= 0.3 is 0 Å². The van der Waals surface area contributed by atoms with E-state index in [1.807, 2.05) is 12.1 Å². The Morgan fingerprint density at radius 3 is 1.64 bits per heavy atom. The van der Waals surface area contributed by atoms with Gasteiger partial charge in [-0.15, -0.1) is 0 Å². The van der Waals surface area contributed by atoms with Crippen molar-refractivity contribution >= 4 is 82.6 Å². The molecule has 0 aliphatic heterocycles. The first-order chi connectivity index (χ1) is 31.7. The van der Waals surface area contributed by atoms with Gasteiger partial charge in [0.1, 0.15) is 11.2 Å². The minimum Gasteiger partial charge on any atom is -0.456 e. The number of anilines is 3. The fourth-order valence-corrected chi connectivity index (χ4v) is 10.0. The first-order valence-corrected chi connectivity index (χ1v) is 21.8. The van der Waals surface area contributed by atoms with E-state index in [-0.39, 0.29) is 0 Å². The lowest BCUT2D eigenvalue weighted by atomic mass is 10.0. The SMILES string of the molecule is c1ccc(-c2cccc(N(c3ccc4c5ccccc5n(-c5ccc6oc7ccccc7c6c5)c4c3)c3cccc4c3c3ccccc3n4-c3cccc(-c4ccccc4)c3)c2)cc1. The summed E-state index contributed by atoms with van der Waals surface area (Å²) in [6.07, 6.45) is 0. The van der Waals surface area contributed by atoms with Crippen LogP contribution in [0.5, 0.6) is 0 Å². The van der Waals surface area contributed by atoms with Gasteiger partial charge in [0.25, 0.3) is 0 Å². The molecule has 0 aliphatic rings. The highest BCUT2D eigenvalue weighted by Gasteiger charge is 2.23. The lowest BCUT2D eigenvalue weighted by Gasteiger charge is -2.27. The highest BCUT2D eigenvalue weighted by atomic mass is 16.3. The Morgan fingerprint density at radius 1 is 0.297 bits per heavy atom.